The molecule has 0 atom stereocenters. The van der Waals surface area contributed by atoms with Crippen LogP contribution in [-0.4, -0.2) is 54.1 Å². The minimum Gasteiger partial charge on any atom is -0.395 e. The molecule has 4 amide bonds. The van der Waals surface area contributed by atoms with Gasteiger partial charge in [-0.2, -0.15) is 0 Å². The van der Waals surface area contributed by atoms with Gasteiger partial charge in [0.05, 0.1) is 24.5 Å². The van der Waals surface area contributed by atoms with E-state index in [4.69, 9.17) is 5.11 Å². The van der Waals surface area contributed by atoms with Gasteiger partial charge in [0.1, 0.15) is 5.70 Å². The smallest absolute Gasteiger partial charge is 0.322 e. The van der Waals surface area contributed by atoms with Gasteiger partial charge in [0.25, 0.3) is 11.8 Å². The third-order valence-corrected chi connectivity index (χ3v) is 3.65. The summed E-state index contributed by atoms with van der Waals surface area (Å²) in [6, 6.07) is 6.85. The highest BCUT2D eigenvalue weighted by molar-refractivity contribution is 6.17. The number of amides is 4. The van der Waals surface area contributed by atoms with Crippen molar-refractivity contribution in [3.05, 3.63) is 36.0 Å². The Balaban J connectivity index is 1.84. The number of aliphatic hydroxyl groups is 1. The zero-order chi connectivity index (χ0) is 16.4. The summed E-state index contributed by atoms with van der Waals surface area (Å²) in [6.07, 6.45) is 1.19. The second kappa shape index (κ2) is 6.09. The molecule has 1 aromatic carbocycles. The minimum atomic E-state index is -0.496. The molecule has 8 nitrogen and oxygen atoms in total. The molecular weight excluding hydrogens is 300 g/mol. The first-order chi connectivity index (χ1) is 11.1. The van der Waals surface area contributed by atoms with Crippen LogP contribution in [0.2, 0.25) is 0 Å². The summed E-state index contributed by atoms with van der Waals surface area (Å²) in [5, 5.41) is 14.6. The molecule has 0 radical (unpaired) electrons. The molecule has 0 spiro atoms. The van der Waals surface area contributed by atoms with E-state index in [2.05, 4.69) is 10.6 Å². The van der Waals surface area contributed by atoms with Crippen LogP contribution >= 0.6 is 0 Å². The van der Waals surface area contributed by atoms with Gasteiger partial charge >= 0.3 is 6.03 Å². The van der Waals surface area contributed by atoms with Crippen molar-refractivity contribution in [2.24, 2.45) is 0 Å². The minimum absolute atomic E-state index is 0.0461. The van der Waals surface area contributed by atoms with E-state index in [0.717, 1.165) is 4.90 Å². The SMILES string of the molecule is O=C1C=C(Nc2ccccc2N2CCNC2=O)C(=O)N1CCO. The second-order valence-corrected chi connectivity index (χ2v) is 5.10. The van der Waals surface area contributed by atoms with Crippen LogP contribution in [0, 0.1) is 0 Å². The maximum Gasteiger partial charge on any atom is 0.322 e. The van der Waals surface area contributed by atoms with Crippen molar-refractivity contribution in [1.82, 2.24) is 10.2 Å². The number of β-amino-alcohol motifs (C(OH)–C–C–N with tert-alkyl or cyclic N) is 1. The average Bonchev–Trinajstić information content (AvgIpc) is 3.07. The summed E-state index contributed by atoms with van der Waals surface area (Å²) in [4.78, 5) is 38.3. The number of hydrogen-bond acceptors (Lipinski definition) is 5. The molecule has 2 heterocycles. The first-order valence-electron chi connectivity index (χ1n) is 7.21. The van der Waals surface area contributed by atoms with Crippen molar-refractivity contribution in [1.29, 1.82) is 0 Å². The Hall–Kier alpha value is -2.87. The van der Waals surface area contributed by atoms with Crippen LogP contribution in [0.1, 0.15) is 0 Å². The van der Waals surface area contributed by atoms with Crippen LogP contribution in [0.4, 0.5) is 16.2 Å². The Labute approximate surface area is 132 Å². The number of nitrogens with one attached hydrogen (secondary N) is 2. The third-order valence-electron chi connectivity index (χ3n) is 3.65. The molecule has 2 aliphatic rings. The second-order valence-electron chi connectivity index (χ2n) is 5.10. The van der Waals surface area contributed by atoms with Gasteiger partial charge in [0, 0.05) is 19.2 Å². The lowest BCUT2D eigenvalue weighted by molar-refractivity contribution is -0.137. The van der Waals surface area contributed by atoms with Crippen molar-refractivity contribution in [2.45, 2.75) is 0 Å². The van der Waals surface area contributed by atoms with E-state index in [0.29, 0.717) is 24.5 Å². The number of para-hydroxylation sites is 2. The topological polar surface area (TPSA) is 102 Å². The highest BCUT2D eigenvalue weighted by atomic mass is 16.3. The first-order valence-corrected chi connectivity index (χ1v) is 7.21. The largest absolute Gasteiger partial charge is 0.395 e. The molecule has 0 aromatic heterocycles. The van der Waals surface area contributed by atoms with E-state index < -0.39 is 11.8 Å². The number of rotatable bonds is 5. The molecule has 8 heteroatoms. The lowest BCUT2D eigenvalue weighted by Gasteiger charge is -2.20. The Bertz CT molecular complexity index is 700. The van der Waals surface area contributed by atoms with Crippen LogP contribution in [0.3, 0.4) is 0 Å². The molecular formula is C15H16N4O4. The zero-order valence-electron chi connectivity index (χ0n) is 12.3. The predicted molar refractivity (Wildman–Crippen MR) is 82.7 cm³/mol. The van der Waals surface area contributed by atoms with E-state index in [1.807, 2.05) is 0 Å². The Morgan fingerprint density at radius 2 is 2.00 bits per heavy atom. The summed E-state index contributed by atoms with van der Waals surface area (Å²) in [5.41, 5.74) is 1.31. The van der Waals surface area contributed by atoms with Gasteiger partial charge in [-0.1, -0.05) is 12.1 Å². The van der Waals surface area contributed by atoms with E-state index in [-0.39, 0.29) is 24.9 Å². The average molecular weight is 316 g/mol. The number of aliphatic hydroxyl groups excluding tert-OH is 1. The Kier molecular flexibility index (Phi) is 3.98. The van der Waals surface area contributed by atoms with Gasteiger partial charge in [-0.25, -0.2) is 4.79 Å². The van der Waals surface area contributed by atoms with Crippen molar-refractivity contribution in [3.8, 4) is 0 Å². The van der Waals surface area contributed by atoms with Gasteiger partial charge in [-0.3, -0.25) is 19.4 Å². The summed E-state index contributed by atoms with van der Waals surface area (Å²) in [6.45, 7) is 0.746. The van der Waals surface area contributed by atoms with E-state index in [1.165, 1.54) is 6.08 Å². The van der Waals surface area contributed by atoms with E-state index >= 15 is 0 Å². The number of carbonyl (C=O) groups excluding carboxylic acids is 3. The lowest BCUT2D eigenvalue weighted by Crippen LogP contribution is -2.34. The molecule has 3 rings (SSSR count). The van der Waals surface area contributed by atoms with Gasteiger partial charge < -0.3 is 15.7 Å². The van der Waals surface area contributed by atoms with Gasteiger partial charge in [-0.05, 0) is 12.1 Å². The molecule has 3 N–H and O–H groups in total. The number of hydrogen-bond donors (Lipinski definition) is 3. The molecule has 0 bridgehead atoms. The van der Waals surface area contributed by atoms with Crippen molar-refractivity contribution in [2.75, 3.05) is 36.5 Å². The van der Waals surface area contributed by atoms with Crippen LogP contribution in [0.15, 0.2) is 36.0 Å². The normalized spacial score (nSPS) is 17.6. The highest BCUT2D eigenvalue weighted by Crippen LogP contribution is 2.29. The molecule has 1 fully saturated rings. The van der Waals surface area contributed by atoms with Crippen molar-refractivity contribution in [3.63, 3.8) is 0 Å². The summed E-state index contributed by atoms with van der Waals surface area (Å²) in [7, 11) is 0. The van der Waals surface area contributed by atoms with Crippen molar-refractivity contribution < 1.29 is 19.5 Å². The number of imide groups is 1. The molecule has 0 unspecified atom stereocenters. The summed E-state index contributed by atoms with van der Waals surface area (Å²) < 4.78 is 0. The highest BCUT2D eigenvalue weighted by Gasteiger charge is 2.31. The molecule has 1 aromatic rings. The number of urea groups is 1. The number of carbonyl (C=O) groups is 3. The summed E-state index contributed by atoms with van der Waals surface area (Å²) >= 11 is 0. The standard InChI is InChI=1S/C15H16N4O4/c20-8-7-19-13(21)9-11(14(19)22)17-10-3-1-2-4-12(10)18-6-5-16-15(18)23/h1-4,9,17,20H,5-8H2,(H,16,23). The molecule has 2 aliphatic heterocycles. The van der Waals surface area contributed by atoms with Gasteiger partial charge in [0.15, 0.2) is 0 Å². The third kappa shape index (κ3) is 2.76. The Morgan fingerprint density at radius 3 is 2.70 bits per heavy atom. The number of anilines is 2. The molecule has 0 aliphatic carbocycles. The van der Waals surface area contributed by atoms with Crippen LogP contribution in [0.25, 0.3) is 0 Å². The van der Waals surface area contributed by atoms with Crippen LogP contribution in [-0.2, 0) is 9.59 Å². The fourth-order valence-electron chi connectivity index (χ4n) is 2.57. The molecule has 120 valence electrons. The molecule has 23 heavy (non-hydrogen) atoms. The maximum atomic E-state index is 12.2. The van der Waals surface area contributed by atoms with E-state index in [9.17, 15) is 14.4 Å². The summed E-state index contributed by atoms with van der Waals surface area (Å²) in [5.74, 6) is -0.965. The number of benzene rings is 1. The van der Waals surface area contributed by atoms with E-state index in [1.54, 1.807) is 29.2 Å². The number of nitrogens with zero attached hydrogens (tertiary/aromatic N) is 2. The zero-order valence-corrected chi connectivity index (χ0v) is 12.3. The molecule has 0 saturated carbocycles. The maximum absolute atomic E-state index is 12.2. The fraction of sp³-hybridized carbons (Fsp3) is 0.267. The monoisotopic (exact) mass is 316 g/mol. The van der Waals surface area contributed by atoms with Crippen molar-refractivity contribution >= 4 is 29.2 Å². The first kappa shape index (κ1) is 15.0. The quantitative estimate of drug-likeness (QED) is 0.657. The fourth-order valence-corrected chi connectivity index (χ4v) is 2.57. The predicted octanol–water partition coefficient (Wildman–Crippen LogP) is -0.127. The van der Waals surface area contributed by atoms with Crippen LogP contribution < -0.4 is 15.5 Å². The van der Waals surface area contributed by atoms with Gasteiger partial charge in [-0.15, -0.1) is 0 Å². The molecule has 1 saturated heterocycles. The van der Waals surface area contributed by atoms with Gasteiger partial charge in [0.2, 0.25) is 0 Å². The Morgan fingerprint density at radius 1 is 1.22 bits per heavy atom. The lowest BCUT2D eigenvalue weighted by atomic mass is 10.2. The van der Waals surface area contributed by atoms with Crippen LogP contribution in [0.5, 0.6) is 0 Å².